The second-order valence-electron chi connectivity index (χ2n) is 5.48. The highest BCUT2D eigenvalue weighted by Gasteiger charge is 2.19. The first-order chi connectivity index (χ1) is 11.8. The van der Waals surface area contributed by atoms with Crippen molar-refractivity contribution in [1.82, 2.24) is 10.0 Å². The number of aliphatic hydroxyl groups is 1. The van der Waals surface area contributed by atoms with Crippen LogP contribution >= 0.6 is 0 Å². The molecule has 0 radical (unpaired) electrons. The van der Waals surface area contributed by atoms with Gasteiger partial charge in [-0.3, -0.25) is 15.1 Å². The molecule has 0 aliphatic rings. The molecule has 1 amide bonds. The van der Waals surface area contributed by atoms with Crippen LogP contribution in [-0.4, -0.2) is 28.8 Å². The molecule has 0 saturated carbocycles. The first-order valence-corrected chi connectivity index (χ1v) is 7.55. The number of hydrogen-bond acceptors (Lipinski definition) is 5. The molecule has 1 aromatic heterocycles. The number of nitrogens with zero attached hydrogens (tertiary/aromatic N) is 1. The maximum absolute atomic E-state index is 14.2. The molecule has 134 valence electrons. The minimum atomic E-state index is -0.634. The van der Waals surface area contributed by atoms with E-state index in [0.717, 1.165) is 5.56 Å². The summed E-state index contributed by atoms with van der Waals surface area (Å²) in [5, 5.41) is 11.7. The number of anilines is 2. The Balaban J connectivity index is 2.40. The Bertz CT molecular complexity index is 801. The van der Waals surface area contributed by atoms with Gasteiger partial charge in [-0.2, -0.15) is 0 Å². The number of carbonyl (C=O) groups excluding carboxylic acids is 1. The maximum atomic E-state index is 14.2. The number of aromatic nitrogens is 1. The molecule has 0 fully saturated rings. The smallest absolute Gasteiger partial charge is 0.265 e. The number of benzene rings is 1. The van der Waals surface area contributed by atoms with Crippen molar-refractivity contribution < 1.29 is 19.1 Å². The van der Waals surface area contributed by atoms with Gasteiger partial charge < -0.3 is 20.7 Å². The van der Waals surface area contributed by atoms with E-state index in [2.05, 4.69) is 17.4 Å². The van der Waals surface area contributed by atoms with Gasteiger partial charge in [-0.25, -0.2) is 4.39 Å². The van der Waals surface area contributed by atoms with Crippen LogP contribution < -0.4 is 16.5 Å². The number of aliphatic hydroxyl groups excluding tert-OH is 1. The highest BCUT2D eigenvalue weighted by atomic mass is 19.1. The summed E-state index contributed by atoms with van der Waals surface area (Å²) in [4.78, 5) is 16.6. The SMILES string of the molecule is C=C(NOCCO)c1cc(C(N)=O)n(C)c1Nc1ccc(C)cc1F. The van der Waals surface area contributed by atoms with Gasteiger partial charge in [-0.1, -0.05) is 12.6 Å². The minimum absolute atomic E-state index is 0.0594. The van der Waals surface area contributed by atoms with E-state index < -0.39 is 11.7 Å². The predicted molar refractivity (Wildman–Crippen MR) is 93.6 cm³/mol. The number of aryl methyl sites for hydroxylation is 1. The monoisotopic (exact) mass is 348 g/mol. The van der Waals surface area contributed by atoms with E-state index >= 15 is 0 Å². The molecule has 0 spiro atoms. The third-order valence-electron chi connectivity index (χ3n) is 3.58. The third kappa shape index (κ3) is 4.17. The van der Waals surface area contributed by atoms with Crippen LogP contribution in [0.25, 0.3) is 5.70 Å². The van der Waals surface area contributed by atoms with E-state index in [1.165, 1.54) is 16.7 Å². The van der Waals surface area contributed by atoms with Crippen LogP contribution in [0.1, 0.15) is 21.6 Å². The first kappa shape index (κ1) is 18.5. The fraction of sp³-hybridized carbons (Fsp3) is 0.235. The summed E-state index contributed by atoms with van der Waals surface area (Å²) in [6.45, 7) is 5.51. The second kappa shape index (κ2) is 7.82. The minimum Gasteiger partial charge on any atom is -0.394 e. The zero-order valence-electron chi connectivity index (χ0n) is 14.1. The van der Waals surface area contributed by atoms with Crippen LogP contribution in [0.2, 0.25) is 0 Å². The van der Waals surface area contributed by atoms with Gasteiger partial charge in [0.1, 0.15) is 17.3 Å². The van der Waals surface area contributed by atoms with Crippen molar-refractivity contribution in [3.8, 4) is 0 Å². The Morgan fingerprint density at radius 3 is 2.76 bits per heavy atom. The van der Waals surface area contributed by atoms with E-state index in [1.54, 1.807) is 26.1 Å². The van der Waals surface area contributed by atoms with Crippen molar-refractivity contribution in [2.75, 3.05) is 18.5 Å². The highest BCUT2D eigenvalue weighted by molar-refractivity contribution is 5.94. The van der Waals surface area contributed by atoms with Crippen LogP contribution in [0.4, 0.5) is 15.9 Å². The number of halogens is 1. The van der Waals surface area contributed by atoms with E-state index in [-0.39, 0.29) is 24.6 Å². The Labute approximate surface area is 144 Å². The van der Waals surface area contributed by atoms with Crippen LogP contribution in [0.5, 0.6) is 0 Å². The lowest BCUT2D eigenvalue weighted by atomic mass is 10.2. The lowest BCUT2D eigenvalue weighted by molar-refractivity contribution is 0.0482. The number of rotatable bonds is 8. The fourth-order valence-corrected chi connectivity index (χ4v) is 2.31. The van der Waals surface area contributed by atoms with Crippen molar-refractivity contribution in [3.63, 3.8) is 0 Å². The average molecular weight is 348 g/mol. The van der Waals surface area contributed by atoms with Crippen molar-refractivity contribution in [2.24, 2.45) is 12.8 Å². The van der Waals surface area contributed by atoms with Gasteiger partial charge >= 0.3 is 0 Å². The molecular formula is C17H21FN4O3. The Morgan fingerprint density at radius 2 is 2.16 bits per heavy atom. The van der Waals surface area contributed by atoms with E-state index in [4.69, 9.17) is 15.7 Å². The summed E-state index contributed by atoms with van der Waals surface area (Å²) in [6, 6.07) is 6.29. The Kier molecular flexibility index (Phi) is 5.79. The van der Waals surface area contributed by atoms with Gasteiger partial charge in [-0.15, -0.1) is 0 Å². The summed E-state index contributed by atoms with van der Waals surface area (Å²) < 4.78 is 15.7. The van der Waals surface area contributed by atoms with Crippen LogP contribution in [0.15, 0.2) is 30.8 Å². The Morgan fingerprint density at radius 1 is 1.44 bits per heavy atom. The van der Waals surface area contributed by atoms with Gasteiger partial charge in [0.2, 0.25) is 0 Å². The molecule has 0 aliphatic carbocycles. The second-order valence-corrected chi connectivity index (χ2v) is 5.48. The molecule has 1 heterocycles. The fourth-order valence-electron chi connectivity index (χ4n) is 2.31. The molecule has 0 unspecified atom stereocenters. The zero-order valence-corrected chi connectivity index (χ0v) is 14.1. The normalized spacial score (nSPS) is 10.6. The molecule has 8 heteroatoms. The summed E-state index contributed by atoms with van der Waals surface area (Å²) in [7, 11) is 1.62. The highest BCUT2D eigenvalue weighted by Crippen LogP contribution is 2.29. The van der Waals surface area contributed by atoms with Crippen LogP contribution in [0, 0.1) is 12.7 Å². The molecule has 7 nitrogen and oxygen atoms in total. The Hall–Kier alpha value is -2.84. The van der Waals surface area contributed by atoms with Crippen LogP contribution in [-0.2, 0) is 11.9 Å². The topological polar surface area (TPSA) is 102 Å². The molecule has 2 rings (SSSR count). The molecule has 2 aromatic rings. The number of nitrogens with two attached hydrogens (primary N) is 1. The number of hydroxylamine groups is 1. The van der Waals surface area contributed by atoms with E-state index in [1.807, 2.05) is 0 Å². The van der Waals surface area contributed by atoms with Gasteiger partial charge in [0.15, 0.2) is 0 Å². The van der Waals surface area contributed by atoms with Gasteiger partial charge in [0.05, 0.1) is 24.6 Å². The lowest BCUT2D eigenvalue weighted by Gasteiger charge is -2.14. The first-order valence-electron chi connectivity index (χ1n) is 7.55. The summed E-state index contributed by atoms with van der Waals surface area (Å²) in [5.74, 6) is -0.644. The molecule has 25 heavy (non-hydrogen) atoms. The molecule has 1 aromatic carbocycles. The summed E-state index contributed by atoms with van der Waals surface area (Å²) >= 11 is 0. The number of carbonyl (C=O) groups is 1. The quantitative estimate of drug-likeness (QED) is 0.430. The van der Waals surface area contributed by atoms with Gasteiger partial charge in [0.25, 0.3) is 5.91 Å². The largest absolute Gasteiger partial charge is 0.394 e. The molecular weight excluding hydrogens is 327 g/mol. The average Bonchev–Trinajstić information content (AvgIpc) is 2.87. The van der Waals surface area contributed by atoms with Gasteiger partial charge in [0, 0.05) is 12.6 Å². The molecule has 0 saturated heterocycles. The zero-order chi connectivity index (χ0) is 18.6. The van der Waals surface area contributed by atoms with Crippen LogP contribution in [0.3, 0.4) is 0 Å². The van der Waals surface area contributed by atoms with Crippen molar-refractivity contribution >= 4 is 23.1 Å². The number of nitrogens with one attached hydrogen (secondary N) is 2. The number of primary amides is 1. The van der Waals surface area contributed by atoms with E-state index in [0.29, 0.717) is 17.1 Å². The lowest BCUT2D eigenvalue weighted by Crippen LogP contribution is -2.16. The molecule has 0 aliphatic heterocycles. The standard InChI is InChI=1S/C17H21FN4O3/c1-10-4-5-14(13(18)8-10)20-17-12(11(2)21-25-7-6-23)9-15(16(19)24)22(17)3/h4-5,8-9,20-21,23H,2,6-7H2,1,3H3,(H2,19,24). The molecule has 0 atom stereocenters. The predicted octanol–water partition coefficient (Wildman–Crippen LogP) is 1.80. The summed E-state index contributed by atoms with van der Waals surface area (Å²) in [5.41, 5.74) is 10.0. The number of amides is 1. The van der Waals surface area contributed by atoms with E-state index in [9.17, 15) is 9.18 Å². The molecule has 0 bridgehead atoms. The summed E-state index contributed by atoms with van der Waals surface area (Å²) in [6.07, 6.45) is 0. The van der Waals surface area contributed by atoms with Gasteiger partial charge in [-0.05, 0) is 30.7 Å². The molecule has 5 N–H and O–H groups in total. The van der Waals surface area contributed by atoms with Crippen molar-refractivity contribution in [3.05, 3.63) is 53.5 Å². The number of hydrogen-bond donors (Lipinski definition) is 4. The maximum Gasteiger partial charge on any atom is 0.265 e. The van der Waals surface area contributed by atoms with Crippen molar-refractivity contribution in [2.45, 2.75) is 6.92 Å². The third-order valence-corrected chi connectivity index (χ3v) is 3.58. The van der Waals surface area contributed by atoms with Crippen molar-refractivity contribution in [1.29, 1.82) is 0 Å².